The fourth-order valence-electron chi connectivity index (χ4n) is 2.22. The number of hydrogen-bond donors (Lipinski definition) is 0. The van der Waals surface area contributed by atoms with Crippen molar-refractivity contribution in [3.63, 3.8) is 0 Å². The molecule has 2 aromatic rings. The molecule has 2 aromatic carbocycles. The zero-order valence-corrected chi connectivity index (χ0v) is 11.9. The SMILES string of the molecule is Bc1c(-c2ccc(OC)c(F)c2C)ccc(OC)c1F. The molecule has 2 rings (SSSR count). The van der Waals surface area contributed by atoms with E-state index in [9.17, 15) is 8.78 Å². The minimum Gasteiger partial charge on any atom is -0.494 e. The van der Waals surface area contributed by atoms with E-state index in [4.69, 9.17) is 9.47 Å². The van der Waals surface area contributed by atoms with Gasteiger partial charge < -0.3 is 9.47 Å². The molecule has 0 saturated heterocycles. The lowest BCUT2D eigenvalue weighted by Crippen LogP contribution is -2.14. The second-order valence-corrected chi connectivity index (χ2v) is 4.51. The van der Waals surface area contributed by atoms with E-state index in [-0.39, 0.29) is 11.5 Å². The van der Waals surface area contributed by atoms with Crippen molar-refractivity contribution in [3.05, 3.63) is 41.5 Å². The van der Waals surface area contributed by atoms with E-state index in [1.165, 1.54) is 14.2 Å². The van der Waals surface area contributed by atoms with E-state index >= 15 is 0 Å². The summed E-state index contributed by atoms with van der Waals surface area (Å²) in [7, 11) is 4.47. The van der Waals surface area contributed by atoms with Crippen LogP contribution in [0.1, 0.15) is 5.56 Å². The zero-order chi connectivity index (χ0) is 14.9. The van der Waals surface area contributed by atoms with Gasteiger partial charge in [0, 0.05) is 0 Å². The van der Waals surface area contributed by atoms with Crippen molar-refractivity contribution in [1.29, 1.82) is 0 Å². The molecule has 0 amide bonds. The molecule has 2 nitrogen and oxygen atoms in total. The maximum absolute atomic E-state index is 14.1. The number of ether oxygens (including phenoxy) is 2. The Morgan fingerprint density at radius 3 is 1.90 bits per heavy atom. The Balaban J connectivity index is 2.64. The van der Waals surface area contributed by atoms with Crippen molar-refractivity contribution in [2.24, 2.45) is 0 Å². The summed E-state index contributed by atoms with van der Waals surface area (Å²) in [6.07, 6.45) is 0. The van der Waals surface area contributed by atoms with Crippen LogP contribution in [0.25, 0.3) is 11.1 Å². The fraction of sp³-hybridized carbons (Fsp3) is 0.200. The first-order valence-corrected chi connectivity index (χ1v) is 6.17. The Bertz CT molecular complexity index is 599. The van der Waals surface area contributed by atoms with Gasteiger partial charge in [-0.3, -0.25) is 0 Å². The van der Waals surface area contributed by atoms with Crippen molar-refractivity contribution >= 4 is 13.3 Å². The van der Waals surface area contributed by atoms with E-state index in [2.05, 4.69) is 0 Å². The number of rotatable bonds is 3. The Kier molecular flexibility index (Phi) is 3.97. The van der Waals surface area contributed by atoms with Crippen molar-refractivity contribution < 1.29 is 18.3 Å². The van der Waals surface area contributed by atoms with Crippen molar-refractivity contribution in [2.45, 2.75) is 6.92 Å². The van der Waals surface area contributed by atoms with Crippen LogP contribution in [-0.4, -0.2) is 22.1 Å². The van der Waals surface area contributed by atoms with Gasteiger partial charge in [0.15, 0.2) is 23.1 Å². The molecule has 0 heterocycles. The molecule has 0 aliphatic rings. The summed E-state index contributed by atoms with van der Waals surface area (Å²) < 4.78 is 38.0. The van der Waals surface area contributed by atoms with Gasteiger partial charge in [-0.25, -0.2) is 8.78 Å². The van der Waals surface area contributed by atoms with Crippen LogP contribution in [0.5, 0.6) is 11.5 Å². The van der Waals surface area contributed by atoms with Gasteiger partial charge in [-0.1, -0.05) is 12.1 Å². The van der Waals surface area contributed by atoms with Crippen LogP contribution in [0.15, 0.2) is 24.3 Å². The van der Waals surface area contributed by atoms with Gasteiger partial charge in [-0.2, -0.15) is 0 Å². The molecule has 0 aliphatic carbocycles. The third-order valence-electron chi connectivity index (χ3n) is 3.43. The van der Waals surface area contributed by atoms with Crippen LogP contribution < -0.4 is 14.9 Å². The quantitative estimate of drug-likeness (QED) is 0.800. The smallest absolute Gasteiger partial charge is 0.168 e. The van der Waals surface area contributed by atoms with Gasteiger partial charge in [0.25, 0.3) is 0 Å². The molecule has 0 aromatic heterocycles. The molecule has 5 heteroatoms. The van der Waals surface area contributed by atoms with E-state index < -0.39 is 11.6 Å². The molecule has 0 atom stereocenters. The molecule has 20 heavy (non-hydrogen) atoms. The van der Waals surface area contributed by atoms with E-state index in [1.807, 2.05) is 0 Å². The molecule has 0 unspecified atom stereocenters. The Labute approximate surface area is 117 Å². The van der Waals surface area contributed by atoms with Crippen LogP contribution in [-0.2, 0) is 0 Å². The van der Waals surface area contributed by atoms with Gasteiger partial charge in [0.2, 0.25) is 0 Å². The normalized spacial score (nSPS) is 10.4. The first-order chi connectivity index (χ1) is 9.51. The topological polar surface area (TPSA) is 18.5 Å². The summed E-state index contributed by atoms with van der Waals surface area (Å²) in [5.41, 5.74) is 2.14. The summed E-state index contributed by atoms with van der Waals surface area (Å²) in [5, 5.41) is 0. The maximum atomic E-state index is 14.1. The number of hydrogen-bond acceptors (Lipinski definition) is 2. The lowest BCUT2D eigenvalue weighted by molar-refractivity contribution is 0.385. The molecule has 0 aliphatic heterocycles. The highest BCUT2D eigenvalue weighted by Gasteiger charge is 2.16. The van der Waals surface area contributed by atoms with Gasteiger partial charge in [0.1, 0.15) is 7.85 Å². The van der Waals surface area contributed by atoms with Gasteiger partial charge in [-0.05, 0) is 41.2 Å². The number of halogens is 2. The average molecular weight is 276 g/mol. The summed E-state index contributed by atoms with van der Waals surface area (Å²) in [6.45, 7) is 1.65. The molecule has 0 radical (unpaired) electrons. The van der Waals surface area contributed by atoms with Crippen LogP contribution in [0.4, 0.5) is 8.78 Å². The lowest BCUT2D eigenvalue weighted by atomic mass is 9.84. The predicted molar refractivity (Wildman–Crippen MR) is 77.8 cm³/mol. The second-order valence-electron chi connectivity index (χ2n) is 4.51. The van der Waals surface area contributed by atoms with Crippen LogP contribution >= 0.6 is 0 Å². The molecule has 0 spiro atoms. The number of methoxy groups -OCH3 is 2. The Morgan fingerprint density at radius 1 is 0.850 bits per heavy atom. The van der Waals surface area contributed by atoms with Crippen molar-refractivity contribution in [2.75, 3.05) is 14.2 Å². The largest absolute Gasteiger partial charge is 0.494 e. The van der Waals surface area contributed by atoms with E-state index in [0.29, 0.717) is 22.2 Å². The zero-order valence-electron chi connectivity index (χ0n) is 11.9. The molecule has 0 fully saturated rings. The summed E-state index contributed by atoms with van der Waals surface area (Å²) >= 11 is 0. The van der Waals surface area contributed by atoms with Gasteiger partial charge >= 0.3 is 0 Å². The highest BCUT2D eigenvalue weighted by atomic mass is 19.1. The first-order valence-electron chi connectivity index (χ1n) is 6.17. The Hall–Kier alpha value is -2.04. The highest BCUT2D eigenvalue weighted by molar-refractivity contribution is 6.36. The Morgan fingerprint density at radius 2 is 1.35 bits per heavy atom. The molecule has 0 bridgehead atoms. The van der Waals surface area contributed by atoms with Crippen LogP contribution in [0.2, 0.25) is 0 Å². The number of benzene rings is 2. The molecule has 104 valence electrons. The monoisotopic (exact) mass is 276 g/mol. The molecule has 0 N–H and O–H groups in total. The van der Waals surface area contributed by atoms with Crippen molar-refractivity contribution in [1.82, 2.24) is 0 Å². The van der Waals surface area contributed by atoms with Crippen LogP contribution in [0, 0.1) is 18.6 Å². The third kappa shape index (κ3) is 2.24. The minimum atomic E-state index is -0.430. The van der Waals surface area contributed by atoms with E-state index in [1.54, 1.807) is 39.0 Å². The van der Waals surface area contributed by atoms with Crippen LogP contribution in [0.3, 0.4) is 0 Å². The van der Waals surface area contributed by atoms with Gasteiger partial charge in [0.05, 0.1) is 14.2 Å². The maximum Gasteiger partial charge on any atom is 0.168 e. The summed E-state index contributed by atoms with van der Waals surface area (Å²) in [4.78, 5) is 0. The summed E-state index contributed by atoms with van der Waals surface area (Å²) in [6, 6.07) is 6.54. The standard InChI is InChI=1S/C15H15BF2O2/c1-8-9(4-6-11(19-2)14(8)17)10-5-7-12(20-3)15(18)13(10)16/h4-7H,16H2,1-3H3. The molecule has 0 saturated carbocycles. The first kappa shape index (κ1) is 14.4. The highest BCUT2D eigenvalue weighted by Crippen LogP contribution is 2.31. The molecular weight excluding hydrogens is 261 g/mol. The summed E-state index contributed by atoms with van der Waals surface area (Å²) in [5.74, 6) is -0.503. The average Bonchev–Trinajstić information content (AvgIpc) is 2.45. The van der Waals surface area contributed by atoms with Gasteiger partial charge in [-0.15, -0.1) is 0 Å². The molecular formula is C15H15BF2O2. The predicted octanol–water partition coefficient (Wildman–Crippen LogP) is 2.22. The minimum absolute atomic E-state index is 0.179. The van der Waals surface area contributed by atoms with E-state index in [0.717, 1.165) is 0 Å². The fourth-order valence-corrected chi connectivity index (χ4v) is 2.22. The lowest BCUT2D eigenvalue weighted by Gasteiger charge is -2.14. The van der Waals surface area contributed by atoms with Crippen molar-refractivity contribution in [3.8, 4) is 22.6 Å². The second kappa shape index (κ2) is 5.53. The third-order valence-corrected chi connectivity index (χ3v) is 3.43.